The van der Waals surface area contributed by atoms with Crippen LogP contribution in [0.1, 0.15) is 36.7 Å². The Hall–Kier alpha value is -2.43. The number of carbonyl (C=O) groups excluding carboxylic acids is 1. The SMILES string of the molecule is CC(C)(C)c1ccc(C(=O)n2c[c]c(N)nc2=O)cc1. The lowest BCUT2D eigenvalue weighted by Crippen LogP contribution is -2.29. The Morgan fingerprint density at radius 1 is 1.25 bits per heavy atom. The fourth-order valence-corrected chi connectivity index (χ4v) is 1.77. The molecule has 1 aromatic carbocycles. The van der Waals surface area contributed by atoms with E-state index in [2.05, 4.69) is 31.8 Å². The molecule has 20 heavy (non-hydrogen) atoms. The molecule has 1 heterocycles. The highest BCUT2D eigenvalue weighted by Gasteiger charge is 2.15. The molecule has 2 rings (SSSR count). The van der Waals surface area contributed by atoms with E-state index >= 15 is 0 Å². The third-order valence-corrected chi connectivity index (χ3v) is 2.98. The topological polar surface area (TPSA) is 78.0 Å². The van der Waals surface area contributed by atoms with Crippen LogP contribution in [-0.4, -0.2) is 15.5 Å². The smallest absolute Gasteiger partial charge is 0.356 e. The first kappa shape index (κ1) is 14.0. The van der Waals surface area contributed by atoms with Gasteiger partial charge in [0.1, 0.15) is 5.82 Å². The number of nitrogen functional groups attached to an aromatic ring is 1. The summed E-state index contributed by atoms with van der Waals surface area (Å²) >= 11 is 0. The Balaban J connectivity index is 2.37. The molecule has 0 aliphatic rings. The highest BCUT2D eigenvalue weighted by atomic mass is 16.2. The monoisotopic (exact) mass is 270 g/mol. The predicted octanol–water partition coefficient (Wildman–Crippen LogP) is 1.61. The van der Waals surface area contributed by atoms with Crippen LogP contribution in [0.5, 0.6) is 0 Å². The van der Waals surface area contributed by atoms with Gasteiger partial charge in [-0.2, -0.15) is 4.98 Å². The molecule has 1 radical (unpaired) electrons. The number of hydrogen-bond donors (Lipinski definition) is 1. The maximum Gasteiger partial charge on any atom is 0.356 e. The van der Waals surface area contributed by atoms with Gasteiger partial charge in [-0.3, -0.25) is 4.79 Å². The molecule has 1 aromatic heterocycles. The molecule has 5 heteroatoms. The molecule has 0 aliphatic carbocycles. The summed E-state index contributed by atoms with van der Waals surface area (Å²) in [5, 5.41) is 0. The van der Waals surface area contributed by atoms with Crippen molar-refractivity contribution in [3.8, 4) is 0 Å². The van der Waals surface area contributed by atoms with Crippen molar-refractivity contribution in [3.63, 3.8) is 0 Å². The number of aromatic nitrogens is 2. The van der Waals surface area contributed by atoms with E-state index in [0.717, 1.165) is 10.1 Å². The third-order valence-electron chi connectivity index (χ3n) is 2.98. The Kier molecular flexibility index (Phi) is 3.44. The quantitative estimate of drug-likeness (QED) is 0.854. The first-order valence-electron chi connectivity index (χ1n) is 6.21. The summed E-state index contributed by atoms with van der Waals surface area (Å²) in [7, 11) is 0. The second kappa shape index (κ2) is 4.92. The summed E-state index contributed by atoms with van der Waals surface area (Å²) < 4.78 is 0.891. The van der Waals surface area contributed by atoms with Crippen molar-refractivity contribution in [2.45, 2.75) is 26.2 Å². The van der Waals surface area contributed by atoms with Crippen LogP contribution in [0.3, 0.4) is 0 Å². The Bertz CT molecular complexity index is 694. The van der Waals surface area contributed by atoms with Gasteiger partial charge in [0.05, 0.1) is 0 Å². The number of carbonyl (C=O) groups is 1. The van der Waals surface area contributed by atoms with E-state index in [1.54, 1.807) is 12.1 Å². The van der Waals surface area contributed by atoms with E-state index in [1.165, 1.54) is 6.20 Å². The van der Waals surface area contributed by atoms with Gasteiger partial charge >= 0.3 is 5.69 Å². The average molecular weight is 270 g/mol. The van der Waals surface area contributed by atoms with Crippen molar-refractivity contribution in [3.05, 3.63) is 58.1 Å². The number of benzene rings is 1. The molecule has 0 aliphatic heterocycles. The van der Waals surface area contributed by atoms with Crippen LogP contribution in [0.15, 0.2) is 35.3 Å². The van der Waals surface area contributed by atoms with Crippen molar-refractivity contribution in [1.29, 1.82) is 0 Å². The van der Waals surface area contributed by atoms with Crippen molar-refractivity contribution in [2.75, 3.05) is 5.73 Å². The van der Waals surface area contributed by atoms with Crippen molar-refractivity contribution < 1.29 is 4.79 Å². The highest BCUT2D eigenvalue weighted by molar-refractivity contribution is 5.95. The van der Waals surface area contributed by atoms with Gasteiger partial charge in [0.15, 0.2) is 0 Å². The van der Waals surface area contributed by atoms with Gasteiger partial charge in [0, 0.05) is 17.8 Å². The van der Waals surface area contributed by atoms with Gasteiger partial charge < -0.3 is 5.73 Å². The molecule has 2 N–H and O–H groups in total. The largest absolute Gasteiger partial charge is 0.383 e. The summed E-state index contributed by atoms with van der Waals surface area (Å²) in [5.41, 5.74) is 6.18. The number of hydrogen-bond acceptors (Lipinski definition) is 4. The molecule has 0 saturated heterocycles. The Morgan fingerprint density at radius 3 is 2.35 bits per heavy atom. The third kappa shape index (κ3) is 2.77. The van der Waals surface area contributed by atoms with Crippen LogP contribution in [0.2, 0.25) is 0 Å². The summed E-state index contributed by atoms with van der Waals surface area (Å²) in [6.45, 7) is 6.27. The van der Waals surface area contributed by atoms with E-state index in [0.29, 0.717) is 5.56 Å². The minimum absolute atomic E-state index is 0.00888. The first-order chi connectivity index (χ1) is 9.29. The molecule has 0 atom stereocenters. The molecule has 0 saturated carbocycles. The van der Waals surface area contributed by atoms with Crippen molar-refractivity contribution >= 4 is 11.7 Å². The van der Waals surface area contributed by atoms with Gasteiger partial charge in [-0.05, 0) is 23.1 Å². The average Bonchev–Trinajstić information content (AvgIpc) is 2.37. The lowest BCUT2D eigenvalue weighted by Gasteiger charge is -2.19. The molecule has 0 fully saturated rings. The van der Waals surface area contributed by atoms with Gasteiger partial charge in [-0.1, -0.05) is 32.9 Å². The number of anilines is 1. The Morgan fingerprint density at radius 2 is 1.85 bits per heavy atom. The molecular formula is C15H16N3O2. The van der Waals surface area contributed by atoms with Crippen LogP contribution in [0.4, 0.5) is 5.82 Å². The van der Waals surface area contributed by atoms with Gasteiger partial charge in [0.25, 0.3) is 5.91 Å². The number of nitrogens with two attached hydrogens (primary N) is 1. The summed E-state index contributed by atoms with van der Waals surface area (Å²) in [6.07, 6.45) is 1.21. The van der Waals surface area contributed by atoms with Gasteiger partial charge in [-0.15, -0.1) is 0 Å². The predicted molar refractivity (Wildman–Crippen MR) is 76.6 cm³/mol. The first-order valence-corrected chi connectivity index (χ1v) is 6.21. The van der Waals surface area contributed by atoms with E-state index in [9.17, 15) is 9.59 Å². The summed E-state index contributed by atoms with van der Waals surface area (Å²) in [4.78, 5) is 27.3. The minimum Gasteiger partial charge on any atom is -0.383 e. The number of rotatable bonds is 1. The Labute approximate surface area is 117 Å². The fourth-order valence-electron chi connectivity index (χ4n) is 1.77. The second-order valence-electron chi connectivity index (χ2n) is 5.56. The molecule has 0 spiro atoms. The standard InChI is InChI=1S/C15H16N3O2/c1-15(2,3)11-6-4-10(5-7-11)13(19)18-9-8-12(16)17-14(18)20/h4-7,9H,1-3H3,(H2,16,17,20). The lowest BCUT2D eigenvalue weighted by molar-refractivity contribution is 0.0954. The summed E-state index contributed by atoms with van der Waals surface area (Å²) in [6, 6.07) is 9.70. The van der Waals surface area contributed by atoms with Crippen LogP contribution in [0.25, 0.3) is 0 Å². The molecule has 0 amide bonds. The van der Waals surface area contributed by atoms with Crippen LogP contribution >= 0.6 is 0 Å². The van der Waals surface area contributed by atoms with E-state index in [1.807, 2.05) is 12.1 Å². The van der Waals surface area contributed by atoms with E-state index < -0.39 is 11.6 Å². The highest BCUT2D eigenvalue weighted by Crippen LogP contribution is 2.22. The molecule has 0 unspecified atom stereocenters. The van der Waals surface area contributed by atoms with Crippen molar-refractivity contribution in [1.82, 2.24) is 9.55 Å². The molecule has 5 nitrogen and oxygen atoms in total. The van der Waals surface area contributed by atoms with E-state index in [-0.39, 0.29) is 11.2 Å². The fraction of sp³-hybridized carbons (Fsp3) is 0.267. The normalized spacial score (nSPS) is 11.3. The van der Waals surface area contributed by atoms with Gasteiger partial charge in [-0.25, -0.2) is 9.36 Å². The van der Waals surface area contributed by atoms with Crippen LogP contribution in [-0.2, 0) is 5.41 Å². The maximum atomic E-state index is 12.2. The molecule has 2 aromatic rings. The lowest BCUT2D eigenvalue weighted by atomic mass is 9.87. The van der Waals surface area contributed by atoms with Gasteiger partial charge in [0.2, 0.25) is 0 Å². The van der Waals surface area contributed by atoms with Crippen LogP contribution < -0.4 is 11.4 Å². The minimum atomic E-state index is -0.703. The zero-order valence-electron chi connectivity index (χ0n) is 11.7. The molecule has 0 bridgehead atoms. The maximum absolute atomic E-state index is 12.2. The zero-order valence-corrected chi connectivity index (χ0v) is 11.7. The van der Waals surface area contributed by atoms with Crippen LogP contribution in [0, 0.1) is 6.07 Å². The molecule has 103 valence electrons. The number of nitrogens with zero attached hydrogens (tertiary/aromatic N) is 2. The van der Waals surface area contributed by atoms with Crippen molar-refractivity contribution in [2.24, 2.45) is 0 Å². The zero-order chi connectivity index (χ0) is 14.9. The summed E-state index contributed by atoms with van der Waals surface area (Å²) in [5.74, 6) is -0.471. The second-order valence-corrected chi connectivity index (χ2v) is 5.56. The van der Waals surface area contributed by atoms with E-state index in [4.69, 9.17) is 5.73 Å². The molecular weight excluding hydrogens is 254 g/mol.